The van der Waals surface area contributed by atoms with Crippen LogP contribution in [-0.4, -0.2) is 45.3 Å². The second-order valence-electron chi connectivity index (χ2n) is 9.04. The maximum absolute atomic E-state index is 13.3. The highest BCUT2D eigenvalue weighted by molar-refractivity contribution is 14.1. The monoisotopic (exact) mass is 649 g/mol. The highest BCUT2D eigenvalue weighted by atomic mass is 127. The van der Waals surface area contributed by atoms with E-state index in [1.807, 2.05) is 0 Å². The van der Waals surface area contributed by atoms with Gasteiger partial charge in [-0.3, -0.25) is 9.10 Å². The van der Waals surface area contributed by atoms with Crippen LogP contribution in [0.15, 0.2) is 88.9 Å². The molecule has 3 aromatic carbocycles. The number of hydrogen-bond donors (Lipinski definition) is 1. The number of amides is 1. The van der Waals surface area contributed by atoms with Crippen molar-refractivity contribution in [3.63, 3.8) is 0 Å². The molecular formula is C27H28IN3O6S. The largest absolute Gasteiger partial charge is 0.482 e. The molecule has 0 bridgehead atoms. The second-order valence-corrected chi connectivity index (χ2v) is 12.1. The van der Waals surface area contributed by atoms with Crippen LogP contribution in [0.2, 0.25) is 0 Å². The third-order valence-electron chi connectivity index (χ3n) is 4.79. The Morgan fingerprint density at radius 1 is 0.974 bits per heavy atom. The van der Waals surface area contributed by atoms with Crippen LogP contribution in [0.5, 0.6) is 5.75 Å². The number of esters is 1. The van der Waals surface area contributed by atoms with Gasteiger partial charge in [0.2, 0.25) is 0 Å². The minimum Gasteiger partial charge on any atom is -0.482 e. The molecule has 0 fully saturated rings. The zero-order valence-corrected chi connectivity index (χ0v) is 24.1. The molecule has 0 aromatic heterocycles. The van der Waals surface area contributed by atoms with Gasteiger partial charge in [0.05, 0.1) is 16.8 Å². The van der Waals surface area contributed by atoms with Crippen molar-refractivity contribution in [1.29, 1.82) is 0 Å². The maximum atomic E-state index is 13.3. The summed E-state index contributed by atoms with van der Waals surface area (Å²) in [5.41, 5.74) is 2.79. The standard InChI is InChI=1S/C27H28IN3O6S/c1-27(2,3)37-26(33)19-36-23-15-9-20(10-16-23)17-29-30-25(32)18-31(22-13-11-21(28)12-14-22)38(34,35)24-7-5-4-6-8-24/h4-17H,18-19H2,1-3H3,(H,30,32)/b29-17-. The average molecular weight is 650 g/mol. The molecule has 200 valence electrons. The number of rotatable bonds is 10. The van der Waals surface area contributed by atoms with Crippen molar-refractivity contribution in [2.75, 3.05) is 17.5 Å². The second kappa shape index (κ2) is 12.9. The number of benzene rings is 3. The summed E-state index contributed by atoms with van der Waals surface area (Å²) in [5, 5.41) is 3.94. The molecule has 0 spiro atoms. The molecule has 1 N–H and O–H groups in total. The van der Waals surface area contributed by atoms with Gasteiger partial charge in [0, 0.05) is 3.57 Å². The fraction of sp³-hybridized carbons (Fsp3) is 0.222. The van der Waals surface area contributed by atoms with Gasteiger partial charge in [-0.15, -0.1) is 0 Å². The lowest BCUT2D eigenvalue weighted by molar-refractivity contribution is -0.157. The summed E-state index contributed by atoms with van der Waals surface area (Å²) in [6, 6.07) is 21.4. The summed E-state index contributed by atoms with van der Waals surface area (Å²) in [5.74, 6) is -0.618. The molecule has 0 heterocycles. The van der Waals surface area contributed by atoms with Gasteiger partial charge in [-0.2, -0.15) is 5.10 Å². The van der Waals surface area contributed by atoms with E-state index < -0.39 is 34.0 Å². The lowest BCUT2D eigenvalue weighted by Gasteiger charge is -2.23. The van der Waals surface area contributed by atoms with Crippen molar-refractivity contribution < 1.29 is 27.5 Å². The first kappa shape index (κ1) is 29.1. The number of nitrogens with one attached hydrogen (secondary N) is 1. The average Bonchev–Trinajstić information content (AvgIpc) is 2.87. The van der Waals surface area contributed by atoms with E-state index in [1.165, 1.54) is 18.3 Å². The predicted octanol–water partition coefficient (Wildman–Crippen LogP) is 4.36. The number of carbonyl (C=O) groups is 2. The summed E-state index contributed by atoms with van der Waals surface area (Å²) >= 11 is 2.12. The number of nitrogens with zero attached hydrogens (tertiary/aromatic N) is 2. The van der Waals surface area contributed by atoms with Gasteiger partial charge in [-0.05, 0) is 110 Å². The summed E-state index contributed by atoms with van der Waals surface area (Å²) in [6.07, 6.45) is 1.41. The van der Waals surface area contributed by atoms with Gasteiger partial charge in [0.15, 0.2) is 6.61 Å². The first-order valence-corrected chi connectivity index (χ1v) is 14.1. The lowest BCUT2D eigenvalue weighted by atomic mass is 10.2. The van der Waals surface area contributed by atoms with Crippen LogP contribution in [0.25, 0.3) is 0 Å². The SMILES string of the molecule is CC(C)(C)OC(=O)COc1ccc(/C=N\NC(=O)CN(c2ccc(I)cc2)S(=O)(=O)c2ccccc2)cc1. The molecule has 0 unspecified atom stereocenters. The van der Waals surface area contributed by atoms with Crippen molar-refractivity contribution in [2.45, 2.75) is 31.3 Å². The topological polar surface area (TPSA) is 114 Å². The molecular weight excluding hydrogens is 621 g/mol. The molecule has 9 nitrogen and oxygen atoms in total. The van der Waals surface area contributed by atoms with Crippen LogP contribution < -0.4 is 14.5 Å². The number of sulfonamides is 1. The van der Waals surface area contributed by atoms with Gasteiger partial charge in [-0.25, -0.2) is 18.6 Å². The van der Waals surface area contributed by atoms with Crippen LogP contribution >= 0.6 is 22.6 Å². The van der Waals surface area contributed by atoms with Crippen LogP contribution in [0.4, 0.5) is 5.69 Å². The Hall–Kier alpha value is -3.45. The molecule has 0 atom stereocenters. The van der Waals surface area contributed by atoms with E-state index in [0.717, 1.165) is 7.88 Å². The number of halogens is 1. The molecule has 0 saturated carbocycles. The Bertz CT molecular complexity index is 1370. The molecule has 0 radical (unpaired) electrons. The van der Waals surface area contributed by atoms with Crippen molar-refractivity contribution >= 4 is 56.4 Å². The Morgan fingerprint density at radius 3 is 2.21 bits per heavy atom. The van der Waals surface area contributed by atoms with E-state index in [-0.39, 0.29) is 11.5 Å². The van der Waals surface area contributed by atoms with E-state index in [1.54, 1.807) is 87.5 Å². The Kier molecular flexibility index (Phi) is 9.86. The number of hydrogen-bond acceptors (Lipinski definition) is 7. The van der Waals surface area contributed by atoms with Crippen molar-refractivity contribution in [2.24, 2.45) is 5.10 Å². The maximum Gasteiger partial charge on any atom is 0.344 e. The Labute approximate surface area is 236 Å². The summed E-state index contributed by atoms with van der Waals surface area (Å²) in [7, 11) is -3.99. The highest BCUT2D eigenvalue weighted by Crippen LogP contribution is 2.24. The minimum absolute atomic E-state index is 0.0730. The number of ether oxygens (including phenoxy) is 2. The molecule has 0 saturated heterocycles. The fourth-order valence-electron chi connectivity index (χ4n) is 3.15. The quantitative estimate of drug-likeness (QED) is 0.151. The third kappa shape index (κ3) is 8.84. The van der Waals surface area contributed by atoms with Crippen molar-refractivity contribution in [3.05, 3.63) is 88.0 Å². The van der Waals surface area contributed by atoms with E-state index in [2.05, 4.69) is 33.1 Å². The van der Waals surface area contributed by atoms with E-state index in [0.29, 0.717) is 17.0 Å². The van der Waals surface area contributed by atoms with E-state index in [4.69, 9.17) is 9.47 Å². The Balaban J connectivity index is 1.63. The molecule has 11 heteroatoms. The van der Waals surface area contributed by atoms with Crippen molar-refractivity contribution in [1.82, 2.24) is 5.43 Å². The van der Waals surface area contributed by atoms with E-state index in [9.17, 15) is 18.0 Å². The van der Waals surface area contributed by atoms with Crippen LogP contribution in [0, 0.1) is 3.57 Å². The molecule has 1 amide bonds. The molecule has 3 aromatic rings. The zero-order valence-electron chi connectivity index (χ0n) is 21.1. The van der Waals surface area contributed by atoms with E-state index >= 15 is 0 Å². The number of anilines is 1. The Morgan fingerprint density at radius 2 is 1.61 bits per heavy atom. The highest BCUT2D eigenvalue weighted by Gasteiger charge is 2.27. The molecule has 0 aliphatic heterocycles. The summed E-state index contributed by atoms with van der Waals surface area (Å²) in [6.45, 7) is 4.65. The normalized spacial score (nSPS) is 11.7. The number of carbonyl (C=O) groups excluding carboxylic acids is 2. The van der Waals surface area contributed by atoms with Gasteiger partial charge in [0.1, 0.15) is 17.9 Å². The van der Waals surface area contributed by atoms with Crippen LogP contribution in [0.3, 0.4) is 0 Å². The first-order valence-electron chi connectivity index (χ1n) is 11.5. The van der Waals surface area contributed by atoms with Crippen LogP contribution in [-0.2, 0) is 24.3 Å². The molecule has 3 rings (SSSR count). The van der Waals surface area contributed by atoms with Gasteiger partial charge < -0.3 is 9.47 Å². The smallest absolute Gasteiger partial charge is 0.344 e. The fourth-order valence-corrected chi connectivity index (χ4v) is 4.95. The van der Waals surface area contributed by atoms with Crippen LogP contribution in [0.1, 0.15) is 26.3 Å². The molecule has 0 aliphatic rings. The van der Waals surface area contributed by atoms with Gasteiger partial charge in [0.25, 0.3) is 15.9 Å². The van der Waals surface area contributed by atoms with Gasteiger partial charge >= 0.3 is 5.97 Å². The zero-order chi connectivity index (χ0) is 27.8. The first-order chi connectivity index (χ1) is 17.9. The molecule has 0 aliphatic carbocycles. The lowest BCUT2D eigenvalue weighted by Crippen LogP contribution is -2.39. The van der Waals surface area contributed by atoms with Gasteiger partial charge in [-0.1, -0.05) is 18.2 Å². The summed E-state index contributed by atoms with van der Waals surface area (Å²) in [4.78, 5) is 24.5. The minimum atomic E-state index is -3.99. The number of hydrazone groups is 1. The third-order valence-corrected chi connectivity index (χ3v) is 7.30. The molecule has 38 heavy (non-hydrogen) atoms. The summed E-state index contributed by atoms with van der Waals surface area (Å²) < 4.78 is 39.2. The van der Waals surface area contributed by atoms with Crippen molar-refractivity contribution in [3.8, 4) is 5.75 Å². The predicted molar refractivity (Wildman–Crippen MR) is 154 cm³/mol.